The van der Waals surface area contributed by atoms with Gasteiger partial charge in [-0.25, -0.2) is 0 Å². The van der Waals surface area contributed by atoms with Crippen molar-refractivity contribution in [2.24, 2.45) is 0 Å². The largest absolute Gasteiger partial charge is 0.291 e. The number of thiazole rings is 1. The first-order valence-electron chi connectivity index (χ1n) is 4.42. The summed E-state index contributed by atoms with van der Waals surface area (Å²) in [5, 5.41) is 3.44. The van der Waals surface area contributed by atoms with E-state index in [1.54, 1.807) is 11.3 Å². The summed E-state index contributed by atoms with van der Waals surface area (Å²) in [7, 11) is 0. The fourth-order valence-corrected chi connectivity index (χ4v) is 2.55. The molecule has 3 rings (SSSR count). The van der Waals surface area contributed by atoms with Gasteiger partial charge >= 0.3 is 0 Å². The van der Waals surface area contributed by atoms with Gasteiger partial charge in [0.15, 0.2) is 0 Å². The molecule has 0 fully saturated rings. The molecule has 0 saturated carbocycles. The van der Waals surface area contributed by atoms with Crippen LogP contribution in [0.3, 0.4) is 0 Å². The molecule has 3 aromatic rings. The number of hydrogen-bond donors (Lipinski definition) is 0. The molecule has 1 nitrogen and oxygen atoms in total. The van der Waals surface area contributed by atoms with E-state index in [9.17, 15) is 0 Å². The molecule has 0 aliphatic carbocycles. The number of hydrogen-bond acceptors (Lipinski definition) is 2. The number of nitrogens with zero attached hydrogens (tertiary/aromatic N) is 1. The number of aromatic nitrogens is 1. The molecule has 16 heavy (non-hydrogen) atoms. The van der Waals surface area contributed by atoms with Gasteiger partial charge in [0.2, 0.25) is 0 Å². The molecule has 1 heterocycles. The van der Waals surface area contributed by atoms with Gasteiger partial charge in [0.05, 0.1) is 5.01 Å². The first kappa shape index (κ1) is 14.9. The number of aryl methyl sites for hydroxylation is 1. The predicted molar refractivity (Wildman–Crippen MR) is 59.5 cm³/mol. The van der Waals surface area contributed by atoms with Crippen LogP contribution < -0.4 is 0 Å². The van der Waals surface area contributed by atoms with Crippen LogP contribution in [-0.4, -0.2) is 4.98 Å². The molecule has 0 saturated heterocycles. The Hall–Kier alpha value is 0.798. The topological polar surface area (TPSA) is 12.9 Å². The maximum atomic E-state index is 4.44. The van der Waals surface area contributed by atoms with E-state index >= 15 is 0 Å². The molecule has 0 N–H and O–H groups in total. The second kappa shape index (κ2) is 6.11. The van der Waals surface area contributed by atoms with Crippen LogP contribution in [0, 0.1) is 19.1 Å². The SMILES string of the molecule is Cc1nc2c[c-]c3cc[c-]cc3c2s1.[Y].[Y]. The number of benzene rings is 2. The molecule has 2 radical (unpaired) electrons. The summed E-state index contributed by atoms with van der Waals surface area (Å²) in [6.07, 6.45) is 0. The van der Waals surface area contributed by atoms with Crippen LogP contribution in [0.4, 0.5) is 0 Å². The third-order valence-corrected chi connectivity index (χ3v) is 3.25. The maximum absolute atomic E-state index is 4.44. The summed E-state index contributed by atoms with van der Waals surface area (Å²) in [4.78, 5) is 4.44. The Morgan fingerprint density at radius 2 is 2.06 bits per heavy atom. The summed E-state index contributed by atoms with van der Waals surface area (Å²) in [5.74, 6) is 0. The second-order valence-electron chi connectivity index (χ2n) is 3.21. The molecular weight excluding hydrogens is 368 g/mol. The maximum Gasteiger partial charge on any atom is 0.0777 e. The van der Waals surface area contributed by atoms with Crippen molar-refractivity contribution in [2.45, 2.75) is 6.92 Å². The quantitative estimate of drug-likeness (QED) is 0.550. The van der Waals surface area contributed by atoms with Crippen molar-refractivity contribution >= 4 is 32.3 Å². The minimum absolute atomic E-state index is 0. The zero-order valence-corrected chi connectivity index (χ0v) is 15.3. The Balaban J connectivity index is 0.000000640. The van der Waals surface area contributed by atoms with Gasteiger partial charge in [-0.15, -0.1) is 28.9 Å². The van der Waals surface area contributed by atoms with Crippen LogP contribution in [0.5, 0.6) is 0 Å². The third-order valence-electron chi connectivity index (χ3n) is 2.23. The predicted octanol–water partition coefficient (Wildman–Crippen LogP) is 3.35. The van der Waals surface area contributed by atoms with Crippen LogP contribution in [0.1, 0.15) is 5.01 Å². The van der Waals surface area contributed by atoms with E-state index in [1.165, 1.54) is 10.1 Å². The molecular formula is C12H7NSY2-2. The van der Waals surface area contributed by atoms with E-state index in [0.717, 1.165) is 15.9 Å². The van der Waals surface area contributed by atoms with Gasteiger partial charge in [0.25, 0.3) is 0 Å². The second-order valence-corrected chi connectivity index (χ2v) is 4.41. The van der Waals surface area contributed by atoms with Gasteiger partial charge in [-0.2, -0.15) is 29.7 Å². The van der Waals surface area contributed by atoms with Crippen LogP contribution in [0.25, 0.3) is 21.0 Å². The molecule has 4 heteroatoms. The third kappa shape index (κ3) is 2.62. The molecule has 0 spiro atoms. The molecule has 0 unspecified atom stereocenters. The molecule has 74 valence electrons. The fraction of sp³-hybridized carbons (Fsp3) is 0.0833. The van der Waals surface area contributed by atoms with Gasteiger partial charge in [-0.05, 0) is 17.1 Å². The van der Waals surface area contributed by atoms with Crippen LogP contribution >= 0.6 is 11.3 Å². The minimum Gasteiger partial charge on any atom is -0.291 e. The Morgan fingerprint density at radius 1 is 1.25 bits per heavy atom. The van der Waals surface area contributed by atoms with Crippen molar-refractivity contribution in [3.63, 3.8) is 0 Å². The Labute approximate surface area is 149 Å². The van der Waals surface area contributed by atoms with Crippen molar-refractivity contribution < 1.29 is 65.4 Å². The van der Waals surface area contributed by atoms with Gasteiger partial charge in [0, 0.05) is 65.4 Å². The van der Waals surface area contributed by atoms with E-state index < -0.39 is 0 Å². The van der Waals surface area contributed by atoms with Gasteiger partial charge in [-0.1, -0.05) is 0 Å². The summed E-state index contributed by atoms with van der Waals surface area (Å²) >= 11 is 1.73. The molecule has 1 aromatic heterocycles. The van der Waals surface area contributed by atoms with E-state index in [0.29, 0.717) is 0 Å². The molecule has 0 aliphatic rings. The van der Waals surface area contributed by atoms with Crippen molar-refractivity contribution in [3.8, 4) is 0 Å². The van der Waals surface area contributed by atoms with Crippen LogP contribution in [0.15, 0.2) is 24.3 Å². The summed E-state index contributed by atoms with van der Waals surface area (Å²) in [6.45, 7) is 2.03. The van der Waals surface area contributed by atoms with Crippen molar-refractivity contribution in [1.82, 2.24) is 4.98 Å². The minimum atomic E-state index is 0. The Bertz CT molecular complexity index is 619. The zero-order chi connectivity index (χ0) is 9.54. The average Bonchev–Trinajstić information content (AvgIpc) is 2.59. The van der Waals surface area contributed by atoms with Gasteiger partial charge in [0.1, 0.15) is 0 Å². The van der Waals surface area contributed by atoms with Crippen LogP contribution in [-0.2, 0) is 65.4 Å². The molecule has 0 bridgehead atoms. The van der Waals surface area contributed by atoms with Gasteiger partial charge < -0.3 is 0 Å². The fourth-order valence-electron chi connectivity index (χ4n) is 1.62. The average molecular weight is 375 g/mol. The molecule has 0 atom stereocenters. The van der Waals surface area contributed by atoms with Crippen LogP contribution in [0.2, 0.25) is 0 Å². The number of rotatable bonds is 0. The normalized spacial score (nSPS) is 9.81. The first-order chi connectivity index (χ1) is 6.84. The van der Waals surface area contributed by atoms with E-state index in [-0.39, 0.29) is 65.4 Å². The molecule has 0 aliphatic heterocycles. The van der Waals surface area contributed by atoms with E-state index in [2.05, 4.69) is 17.1 Å². The summed E-state index contributed by atoms with van der Waals surface area (Å²) < 4.78 is 1.24. The first-order valence-corrected chi connectivity index (χ1v) is 5.24. The van der Waals surface area contributed by atoms with Crippen molar-refractivity contribution in [1.29, 1.82) is 0 Å². The smallest absolute Gasteiger partial charge is 0.0777 e. The van der Waals surface area contributed by atoms with Gasteiger partial charge in [-0.3, -0.25) is 4.98 Å². The summed E-state index contributed by atoms with van der Waals surface area (Å²) in [5.41, 5.74) is 1.04. The molecule has 0 amide bonds. The van der Waals surface area contributed by atoms with E-state index in [1.807, 2.05) is 31.2 Å². The monoisotopic (exact) mass is 375 g/mol. The van der Waals surface area contributed by atoms with Crippen molar-refractivity contribution in [2.75, 3.05) is 0 Å². The Kier molecular flexibility index (Phi) is 5.67. The van der Waals surface area contributed by atoms with E-state index in [4.69, 9.17) is 0 Å². The molecule has 2 aromatic carbocycles. The standard InChI is InChI=1S/C12H7NS.2Y/c1-8-13-11-7-6-9-4-2-3-5-10(9)12(11)14-8;;/h2,4-5,7H,1H3;;/q-2;;. The number of fused-ring (bicyclic) bond motifs is 3. The zero-order valence-electron chi connectivity index (χ0n) is 8.82. The van der Waals surface area contributed by atoms with Crippen molar-refractivity contribution in [3.05, 3.63) is 41.4 Å². The Morgan fingerprint density at radius 3 is 2.88 bits per heavy atom. The summed E-state index contributed by atoms with van der Waals surface area (Å²) in [6, 6.07) is 14.2.